The van der Waals surface area contributed by atoms with Crippen LogP contribution < -0.4 is 29.2 Å². The Morgan fingerprint density at radius 1 is 1.12 bits per heavy atom. The van der Waals surface area contributed by atoms with E-state index in [-0.39, 0.29) is 0 Å². The normalized spacial score (nSPS) is 17.4. The number of hydrogen-bond acceptors (Lipinski definition) is 7. The fraction of sp³-hybridized carbons (Fsp3) is 0.333. The van der Waals surface area contributed by atoms with E-state index >= 15 is 0 Å². The number of nitrogens with one attached hydrogen (secondary N) is 1. The summed E-state index contributed by atoms with van der Waals surface area (Å²) in [4.78, 5) is 14.7. The summed E-state index contributed by atoms with van der Waals surface area (Å²) in [5.41, 5.74) is 2.64. The first-order valence-electron chi connectivity index (χ1n) is 10.6. The predicted octanol–water partition coefficient (Wildman–Crippen LogP) is 3.75. The summed E-state index contributed by atoms with van der Waals surface area (Å²) in [5.74, 6) is 2.05. The summed E-state index contributed by atoms with van der Waals surface area (Å²) in [6.45, 7) is 5.20. The fourth-order valence-electron chi connectivity index (χ4n) is 3.99. The lowest BCUT2D eigenvalue weighted by Crippen LogP contribution is -2.48. The van der Waals surface area contributed by atoms with E-state index in [1.165, 1.54) is 7.11 Å². The van der Waals surface area contributed by atoms with Crippen LogP contribution in [0.4, 0.5) is 5.69 Å². The van der Waals surface area contributed by atoms with Crippen molar-refractivity contribution in [3.8, 4) is 23.0 Å². The number of fused-ring (bicyclic) bond motifs is 1. The number of hydrogen-bond donors (Lipinski definition) is 1. The van der Waals surface area contributed by atoms with E-state index in [9.17, 15) is 4.79 Å². The molecule has 2 aliphatic rings. The number of methoxy groups -OCH3 is 2. The van der Waals surface area contributed by atoms with E-state index in [4.69, 9.17) is 35.9 Å². The molecule has 1 N–H and O–H groups in total. The maximum Gasteiger partial charge on any atom is 0.337 e. The molecule has 2 aromatic rings. The average molecular weight is 471 g/mol. The number of carbonyl (C=O) groups excluding carboxylic acids is 1. The summed E-state index contributed by atoms with van der Waals surface area (Å²) < 4.78 is 27.6. The molecule has 33 heavy (non-hydrogen) atoms. The van der Waals surface area contributed by atoms with E-state index in [0.29, 0.717) is 59.2 Å². The van der Waals surface area contributed by atoms with Gasteiger partial charge in [-0.2, -0.15) is 0 Å². The van der Waals surface area contributed by atoms with Crippen molar-refractivity contribution in [3.05, 3.63) is 53.2 Å². The Balaban J connectivity index is 1.79. The van der Waals surface area contributed by atoms with Crippen LogP contribution in [0.25, 0.3) is 0 Å². The largest absolute Gasteiger partial charge is 0.493 e. The smallest absolute Gasteiger partial charge is 0.337 e. The monoisotopic (exact) mass is 470 g/mol. The number of esters is 1. The second-order valence-corrected chi connectivity index (χ2v) is 7.77. The number of nitrogens with zero attached hydrogens (tertiary/aromatic N) is 1. The SMILES string of the molecule is CCOc1cc([C@@H]2NC(=S)N(c3ccc4c(c3)OCCO4)C(C)=C2C(=O)OC)ccc1OC. The molecule has 0 unspecified atom stereocenters. The molecule has 0 saturated carbocycles. The van der Waals surface area contributed by atoms with Crippen LogP contribution in [0.15, 0.2) is 47.7 Å². The predicted molar refractivity (Wildman–Crippen MR) is 127 cm³/mol. The second kappa shape index (κ2) is 9.58. The molecule has 2 aromatic carbocycles. The molecular weight excluding hydrogens is 444 g/mol. The van der Waals surface area contributed by atoms with Crippen molar-refractivity contribution in [1.82, 2.24) is 5.32 Å². The number of benzene rings is 2. The molecule has 2 heterocycles. The van der Waals surface area contributed by atoms with Crippen molar-refractivity contribution in [2.45, 2.75) is 19.9 Å². The molecule has 8 nitrogen and oxygen atoms in total. The van der Waals surface area contributed by atoms with Gasteiger partial charge in [-0.25, -0.2) is 4.79 Å². The topological polar surface area (TPSA) is 78.5 Å². The molecular formula is C24H26N2O6S. The third-order valence-corrected chi connectivity index (χ3v) is 5.80. The Hall–Kier alpha value is -3.46. The highest BCUT2D eigenvalue weighted by atomic mass is 32.1. The van der Waals surface area contributed by atoms with Gasteiger partial charge >= 0.3 is 5.97 Å². The van der Waals surface area contributed by atoms with Crippen LogP contribution in [0.1, 0.15) is 25.5 Å². The quantitative estimate of drug-likeness (QED) is 0.502. The van der Waals surface area contributed by atoms with Gasteiger partial charge in [0.25, 0.3) is 0 Å². The molecule has 9 heteroatoms. The first kappa shape index (κ1) is 22.7. The van der Waals surface area contributed by atoms with E-state index in [2.05, 4.69) is 5.32 Å². The highest BCUT2D eigenvalue weighted by molar-refractivity contribution is 7.80. The Morgan fingerprint density at radius 2 is 1.88 bits per heavy atom. The first-order chi connectivity index (χ1) is 16.0. The standard InChI is InChI=1S/C24H26N2O6S/c1-5-30-19-12-15(6-8-17(19)28-3)22-21(23(27)29-4)14(2)26(24(33)25-22)16-7-9-18-20(13-16)32-11-10-31-18/h6-9,12-13,22H,5,10-11H2,1-4H3,(H,25,33)/t22-/m0/s1. The van der Waals surface area contributed by atoms with Gasteiger partial charge in [-0.05, 0) is 55.9 Å². The van der Waals surface area contributed by atoms with Gasteiger partial charge in [0.1, 0.15) is 13.2 Å². The minimum atomic E-state index is -0.525. The molecule has 1 atom stereocenters. The van der Waals surface area contributed by atoms with Crippen molar-refractivity contribution in [2.75, 3.05) is 38.9 Å². The zero-order valence-electron chi connectivity index (χ0n) is 19.0. The number of thiocarbonyl (C=S) groups is 1. The van der Waals surface area contributed by atoms with Crippen molar-refractivity contribution in [1.29, 1.82) is 0 Å². The number of rotatable bonds is 6. The fourth-order valence-corrected chi connectivity index (χ4v) is 4.35. The summed E-state index contributed by atoms with van der Waals surface area (Å²) >= 11 is 5.73. The van der Waals surface area contributed by atoms with Crippen molar-refractivity contribution >= 4 is 29.0 Å². The Morgan fingerprint density at radius 3 is 2.58 bits per heavy atom. The maximum atomic E-state index is 12.9. The number of allylic oxidation sites excluding steroid dienone is 1. The molecule has 0 spiro atoms. The Kier molecular flexibility index (Phi) is 6.60. The lowest BCUT2D eigenvalue weighted by Gasteiger charge is -2.37. The van der Waals surface area contributed by atoms with Gasteiger partial charge in [-0.1, -0.05) is 6.07 Å². The van der Waals surface area contributed by atoms with Crippen molar-refractivity contribution in [2.24, 2.45) is 0 Å². The lowest BCUT2D eigenvalue weighted by atomic mass is 9.94. The van der Waals surface area contributed by atoms with E-state index < -0.39 is 12.0 Å². The van der Waals surface area contributed by atoms with E-state index in [0.717, 1.165) is 11.3 Å². The maximum absolute atomic E-state index is 12.9. The molecule has 4 rings (SSSR count). The van der Waals surface area contributed by atoms with E-state index in [1.807, 2.05) is 50.2 Å². The minimum Gasteiger partial charge on any atom is -0.493 e. The molecule has 174 valence electrons. The molecule has 0 bridgehead atoms. The molecule has 0 fully saturated rings. The van der Waals surface area contributed by atoms with Gasteiger partial charge in [-0.15, -0.1) is 0 Å². The third-order valence-electron chi connectivity index (χ3n) is 5.49. The number of anilines is 1. The van der Waals surface area contributed by atoms with Crippen LogP contribution in [0.5, 0.6) is 23.0 Å². The van der Waals surface area contributed by atoms with Crippen LogP contribution in [-0.2, 0) is 9.53 Å². The second-order valence-electron chi connectivity index (χ2n) is 7.38. The van der Waals surface area contributed by atoms with Crippen molar-refractivity contribution < 1.29 is 28.5 Å². The first-order valence-corrected chi connectivity index (χ1v) is 11.0. The zero-order chi connectivity index (χ0) is 23.5. The van der Waals surface area contributed by atoms with Gasteiger partial charge in [0.05, 0.1) is 38.1 Å². The summed E-state index contributed by atoms with van der Waals surface area (Å²) in [5, 5.41) is 3.73. The number of ether oxygens (including phenoxy) is 5. The van der Waals surface area contributed by atoms with Gasteiger partial charge in [-0.3, -0.25) is 4.90 Å². The van der Waals surface area contributed by atoms with Gasteiger partial charge in [0.2, 0.25) is 0 Å². The van der Waals surface area contributed by atoms with Gasteiger partial charge in [0, 0.05) is 11.8 Å². The van der Waals surface area contributed by atoms with E-state index in [1.54, 1.807) is 12.0 Å². The molecule has 0 amide bonds. The lowest BCUT2D eigenvalue weighted by molar-refractivity contribution is -0.136. The summed E-state index contributed by atoms with van der Waals surface area (Å²) in [7, 11) is 2.95. The zero-order valence-corrected chi connectivity index (χ0v) is 19.8. The van der Waals surface area contributed by atoms with Gasteiger partial charge in [0.15, 0.2) is 28.1 Å². The molecule has 0 saturated heterocycles. The van der Waals surface area contributed by atoms with Crippen LogP contribution >= 0.6 is 12.2 Å². The van der Waals surface area contributed by atoms with Gasteiger partial charge < -0.3 is 29.0 Å². The summed E-state index contributed by atoms with van der Waals surface area (Å²) in [6.07, 6.45) is 0. The third kappa shape index (κ3) is 4.28. The highest BCUT2D eigenvalue weighted by Gasteiger charge is 2.36. The average Bonchev–Trinajstić information content (AvgIpc) is 2.83. The van der Waals surface area contributed by atoms with Crippen LogP contribution in [-0.4, -0.2) is 45.1 Å². The summed E-state index contributed by atoms with van der Waals surface area (Å²) in [6, 6.07) is 10.6. The van der Waals surface area contributed by atoms with Crippen LogP contribution in [0.3, 0.4) is 0 Å². The minimum absolute atomic E-state index is 0.439. The Bertz CT molecular complexity index is 1120. The molecule has 0 radical (unpaired) electrons. The number of carbonyl (C=O) groups is 1. The van der Waals surface area contributed by atoms with Crippen LogP contribution in [0, 0.1) is 0 Å². The molecule has 0 aromatic heterocycles. The molecule has 2 aliphatic heterocycles. The Labute approximate surface area is 198 Å². The molecule has 0 aliphatic carbocycles. The highest BCUT2D eigenvalue weighted by Crippen LogP contribution is 2.40. The van der Waals surface area contributed by atoms with Crippen molar-refractivity contribution in [3.63, 3.8) is 0 Å². The van der Waals surface area contributed by atoms with Crippen LogP contribution in [0.2, 0.25) is 0 Å².